The Bertz CT molecular complexity index is 2600. The summed E-state index contributed by atoms with van der Waals surface area (Å²) in [4.78, 5) is 32.6. The van der Waals surface area contributed by atoms with Gasteiger partial charge in [-0.15, -0.1) is 0 Å². The predicted molar refractivity (Wildman–Crippen MR) is 216 cm³/mol. The topological polar surface area (TPSA) is 110 Å². The summed E-state index contributed by atoms with van der Waals surface area (Å²) < 4.78 is 5.16. The maximum absolute atomic E-state index is 11.9. The van der Waals surface area contributed by atoms with Crippen molar-refractivity contribution in [3.63, 3.8) is 0 Å². The van der Waals surface area contributed by atoms with Gasteiger partial charge in [-0.1, -0.05) is 29.8 Å². The third kappa shape index (κ3) is 7.30. The molecule has 2 N–H and O–H groups in total. The Balaban J connectivity index is 0.000000157. The lowest BCUT2D eigenvalue weighted by Gasteiger charge is -2.13. The lowest BCUT2D eigenvalue weighted by atomic mass is 9.96. The smallest absolute Gasteiger partial charge is 0.337 e. The minimum Gasteiger partial charge on any atom is -0.478 e. The minimum atomic E-state index is -0.924. The Morgan fingerprint density at radius 3 is 1.72 bits per heavy atom. The van der Waals surface area contributed by atoms with Crippen molar-refractivity contribution in [2.75, 3.05) is 0 Å². The molecule has 0 unspecified atom stereocenters. The lowest BCUT2D eigenvalue weighted by molar-refractivity contribution is 0.0684. The van der Waals surface area contributed by atoms with Gasteiger partial charge in [-0.3, -0.25) is 9.97 Å². The molecule has 0 aliphatic heterocycles. The van der Waals surface area contributed by atoms with Crippen molar-refractivity contribution in [1.29, 1.82) is 0 Å². The first-order chi connectivity index (χ1) is 26.0. The average molecular weight is 802 g/mol. The molecule has 0 saturated heterocycles. The van der Waals surface area contributed by atoms with Gasteiger partial charge in [0.05, 0.1) is 33.5 Å². The van der Waals surface area contributed by atoms with E-state index in [1.807, 2.05) is 69.2 Å². The van der Waals surface area contributed by atoms with Crippen LogP contribution in [-0.2, 0) is 26.9 Å². The van der Waals surface area contributed by atoms with Crippen LogP contribution in [-0.4, -0.2) is 41.3 Å². The fourth-order valence-electron chi connectivity index (χ4n) is 7.38. The fraction of sp³-hybridized carbons (Fsp3) is 0.227. The zero-order valence-corrected chi connectivity index (χ0v) is 32.2. The molecule has 2 aliphatic carbocycles. The minimum absolute atomic E-state index is 0.298. The maximum atomic E-state index is 11.9. The summed E-state index contributed by atoms with van der Waals surface area (Å²) in [5.41, 5.74) is 10.2. The summed E-state index contributed by atoms with van der Waals surface area (Å²) >= 11 is 10.1. The fourth-order valence-corrected chi connectivity index (χ4v) is 8.42. The molecule has 0 bridgehead atoms. The highest BCUT2D eigenvalue weighted by Gasteiger charge is 2.27. The lowest BCUT2D eigenvalue weighted by Crippen LogP contribution is -2.07. The van der Waals surface area contributed by atoms with E-state index in [2.05, 4.69) is 65.4 Å². The molecule has 272 valence electrons. The zero-order valence-electron chi connectivity index (χ0n) is 29.9. The van der Waals surface area contributed by atoms with Gasteiger partial charge in [0.1, 0.15) is 0 Å². The molecule has 54 heavy (non-hydrogen) atoms. The highest BCUT2D eigenvalue weighted by atomic mass is 79.9. The molecule has 4 aromatic heterocycles. The van der Waals surface area contributed by atoms with Crippen molar-refractivity contribution in [2.45, 2.75) is 50.4 Å². The third-order valence-corrected chi connectivity index (χ3v) is 11.4. The second-order valence-corrected chi connectivity index (χ2v) is 15.7. The number of hydrogen-bond donors (Lipinski definition) is 2. The van der Waals surface area contributed by atoms with Crippen LogP contribution in [0.2, 0.25) is 5.02 Å². The van der Waals surface area contributed by atoms with E-state index < -0.39 is 11.9 Å². The molecule has 2 fully saturated rings. The van der Waals surface area contributed by atoms with Crippen LogP contribution in [0.1, 0.15) is 91.9 Å². The van der Waals surface area contributed by atoms with E-state index in [1.165, 1.54) is 0 Å². The number of nitrogens with zero attached hydrogens (tertiary/aromatic N) is 4. The number of carbonyl (C=O) groups is 2. The Hall–Kier alpha value is -5.25. The van der Waals surface area contributed by atoms with Crippen LogP contribution in [0.25, 0.3) is 32.9 Å². The van der Waals surface area contributed by atoms with Gasteiger partial charge < -0.3 is 19.3 Å². The second kappa shape index (κ2) is 14.5. The van der Waals surface area contributed by atoms with Crippen LogP contribution in [0.15, 0.2) is 102 Å². The number of hydrogen-bond acceptors (Lipinski definition) is 4. The molecule has 4 heterocycles. The number of benzene rings is 3. The SMILES string of the molecule is Cn1ccc2cc(Cc3ncc(C4CC4)cc3C(=O)O)cc(-c3ccccc3Cl)c21.Cn1ccc2cc(Cc3ncc(C4CC4)cc3C(=O)O)cc(Br)c21. The Kier molecular flexibility index (Phi) is 9.62. The van der Waals surface area contributed by atoms with E-state index in [9.17, 15) is 19.8 Å². The first-order valence-electron chi connectivity index (χ1n) is 18.0. The molecule has 8 nitrogen and oxygen atoms in total. The number of rotatable bonds is 9. The van der Waals surface area contributed by atoms with Gasteiger partial charge in [0.15, 0.2) is 0 Å². The number of aryl methyl sites for hydroxylation is 2. The van der Waals surface area contributed by atoms with E-state index in [1.54, 1.807) is 12.1 Å². The average Bonchev–Trinajstić information content (AvgIpc) is 4.09. The van der Waals surface area contributed by atoms with Crippen molar-refractivity contribution < 1.29 is 19.8 Å². The van der Waals surface area contributed by atoms with Gasteiger partial charge in [0.2, 0.25) is 0 Å². The summed E-state index contributed by atoms with van der Waals surface area (Å²) in [6.07, 6.45) is 13.2. The van der Waals surface area contributed by atoms with Crippen LogP contribution in [0.4, 0.5) is 0 Å². The first-order valence-corrected chi connectivity index (χ1v) is 19.2. The Morgan fingerprint density at radius 2 is 1.20 bits per heavy atom. The van der Waals surface area contributed by atoms with E-state index in [0.717, 1.165) is 85.3 Å². The largest absolute Gasteiger partial charge is 0.478 e. The number of fused-ring (bicyclic) bond motifs is 2. The standard InChI is InChI=1S/C25H21ClN2O2.C19H17BrN2O2/c1-28-9-8-17-10-15(11-20(24(17)28)19-4-2-3-5-22(19)26)12-23-21(25(29)30)13-18(14-27-23)16-6-7-16;1-22-5-4-13-6-11(7-16(20)18(13)22)8-17-15(19(23)24)9-14(10-21-17)12-2-3-12/h2-5,8-11,13-14,16H,6-7,12H2,1H3,(H,29,30);4-7,9-10,12H,2-3,8H2,1H3,(H,23,24). The number of carboxylic acids is 2. The van der Waals surface area contributed by atoms with E-state index in [-0.39, 0.29) is 0 Å². The second-order valence-electron chi connectivity index (χ2n) is 14.5. The predicted octanol–water partition coefficient (Wildman–Crippen LogP) is 10.6. The molecule has 0 amide bonds. The van der Waals surface area contributed by atoms with E-state index in [4.69, 9.17) is 11.6 Å². The number of halogens is 2. The monoisotopic (exact) mass is 800 g/mol. The number of aromatic nitrogens is 4. The molecule has 2 saturated carbocycles. The van der Waals surface area contributed by atoms with Crippen LogP contribution < -0.4 is 0 Å². The quantitative estimate of drug-likeness (QED) is 0.150. The van der Waals surface area contributed by atoms with Crippen LogP contribution in [0.5, 0.6) is 0 Å². The maximum Gasteiger partial charge on any atom is 0.337 e. The van der Waals surface area contributed by atoms with Gasteiger partial charge in [-0.25, -0.2) is 9.59 Å². The summed E-state index contributed by atoms with van der Waals surface area (Å²) in [5, 5.41) is 22.2. The van der Waals surface area contributed by atoms with Crippen molar-refractivity contribution in [3.8, 4) is 11.1 Å². The molecule has 3 aromatic carbocycles. The van der Waals surface area contributed by atoms with Crippen LogP contribution in [0, 0.1) is 0 Å². The molecular formula is C44H38BrClN4O4. The molecular weight excluding hydrogens is 764 g/mol. The highest BCUT2D eigenvalue weighted by molar-refractivity contribution is 9.10. The first kappa shape index (κ1) is 35.8. The molecule has 2 aliphatic rings. The molecule has 9 rings (SSSR count). The Labute approximate surface area is 326 Å². The van der Waals surface area contributed by atoms with Gasteiger partial charge >= 0.3 is 11.9 Å². The van der Waals surface area contributed by atoms with Crippen molar-refractivity contribution >= 4 is 61.3 Å². The number of pyridine rings is 2. The van der Waals surface area contributed by atoms with Crippen molar-refractivity contribution in [1.82, 2.24) is 19.1 Å². The molecule has 10 heteroatoms. The van der Waals surface area contributed by atoms with Crippen LogP contribution in [0.3, 0.4) is 0 Å². The summed E-state index contributed by atoms with van der Waals surface area (Å²) in [6, 6.07) is 23.9. The van der Waals surface area contributed by atoms with E-state index >= 15 is 0 Å². The van der Waals surface area contributed by atoms with Crippen LogP contribution >= 0.6 is 27.5 Å². The highest BCUT2D eigenvalue weighted by Crippen LogP contribution is 2.41. The molecule has 0 atom stereocenters. The summed E-state index contributed by atoms with van der Waals surface area (Å²) in [5.74, 6) is -0.858. The van der Waals surface area contributed by atoms with Gasteiger partial charge in [-0.2, -0.15) is 0 Å². The van der Waals surface area contributed by atoms with Gasteiger partial charge in [-0.05, 0) is 130 Å². The van der Waals surface area contributed by atoms with E-state index in [0.29, 0.717) is 52.2 Å². The van der Waals surface area contributed by atoms with Gasteiger partial charge in [0, 0.05) is 83.1 Å². The van der Waals surface area contributed by atoms with Gasteiger partial charge in [0.25, 0.3) is 0 Å². The number of carboxylic acid groups (broad SMARTS) is 2. The summed E-state index contributed by atoms with van der Waals surface area (Å²) in [7, 11) is 4.02. The normalized spacial score (nSPS) is 13.9. The van der Waals surface area contributed by atoms with Crippen molar-refractivity contribution in [3.05, 3.63) is 152 Å². The summed E-state index contributed by atoms with van der Waals surface area (Å²) in [6.45, 7) is 0. The molecule has 0 radical (unpaired) electrons. The number of aromatic carboxylic acids is 2. The Morgan fingerprint density at radius 1 is 0.704 bits per heavy atom. The molecule has 0 spiro atoms. The third-order valence-electron chi connectivity index (χ3n) is 10.5. The molecule has 7 aromatic rings. The zero-order chi connectivity index (χ0) is 37.7. The van der Waals surface area contributed by atoms with Crippen molar-refractivity contribution in [2.24, 2.45) is 14.1 Å².